The summed E-state index contributed by atoms with van der Waals surface area (Å²) in [6.07, 6.45) is 2.89. The minimum absolute atomic E-state index is 0.0337. The monoisotopic (exact) mass is 327 g/mol. The Labute approximate surface area is 138 Å². The molecule has 7 heteroatoms. The third-order valence-corrected chi connectivity index (χ3v) is 4.21. The first kappa shape index (κ1) is 18.0. The molecule has 0 bridgehead atoms. The van der Waals surface area contributed by atoms with E-state index in [1.54, 1.807) is 4.90 Å². The van der Waals surface area contributed by atoms with Crippen LogP contribution in [0.15, 0.2) is 0 Å². The molecule has 0 saturated carbocycles. The number of piperidine rings is 1. The molecule has 23 heavy (non-hydrogen) atoms. The Morgan fingerprint density at radius 2 is 1.96 bits per heavy atom. The van der Waals surface area contributed by atoms with E-state index >= 15 is 0 Å². The van der Waals surface area contributed by atoms with E-state index in [0.717, 1.165) is 25.8 Å². The van der Waals surface area contributed by atoms with Crippen LogP contribution in [-0.2, 0) is 14.3 Å². The molecular weight excluding hydrogens is 298 g/mol. The normalized spacial score (nSPS) is 22.9. The van der Waals surface area contributed by atoms with Gasteiger partial charge in [-0.3, -0.25) is 9.69 Å². The lowest BCUT2D eigenvalue weighted by molar-refractivity contribution is -0.123. The van der Waals surface area contributed by atoms with Gasteiger partial charge >= 0.3 is 6.09 Å². The third kappa shape index (κ3) is 5.99. The number of nitrogens with zero attached hydrogens (tertiary/aromatic N) is 2. The average Bonchev–Trinajstić information content (AvgIpc) is 2.53. The van der Waals surface area contributed by atoms with Crippen molar-refractivity contribution < 1.29 is 19.1 Å². The highest BCUT2D eigenvalue weighted by Crippen LogP contribution is 2.17. The zero-order valence-electron chi connectivity index (χ0n) is 14.3. The first-order valence-electron chi connectivity index (χ1n) is 8.59. The van der Waals surface area contributed by atoms with E-state index in [0.29, 0.717) is 39.5 Å². The quantitative estimate of drug-likeness (QED) is 0.810. The first-order chi connectivity index (χ1) is 11.1. The Morgan fingerprint density at radius 1 is 1.22 bits per heavy atom. The highest BCUT2D eigenvalue weighted by molar-refractivity contribution is 5.78. The molecule has 0 aromatic heterocycles. The van der Waals surface area contributed by atoms with Gasteiger partial charge in [-0.1, -0.05) is 6.42 Å². The molecular formula is C16H29N3O4. The molecule has 0 aliphatic carbocycles. The van der Waals surface area contributed by atoms with Crippen molar-refractivity contribution in [1.82, 2.24) is 15.1 Å². The van der Waals surface area contributed by atoms with E-state index in [9.17, 15) is 9.59 Å². The van der Waals surface area contributed by atoms with Gasteiger partial charge in [0.2, 0.25) is 5.91 Å². The zero-order valence-corrected chi connectivity index (χ0v) is 14.3. The number of carbonyl (C=O) groups excluding carboxylic acids is 2. The Balaban J connectivity index is 1.78. The van der Waals surface area contributed by atoms with Crippen molar-refractivity contribution in [3.8, 4) is 0 Å². The second-order valence-electron chi connectivity index (χ2n) is 6.52. The first-order valence-corrected chi connectivity index (χ1v) is 8.59. The molecule has 2 rings (SSSR count). The Bertz CT molecular complexity index is 397. The lowest BCUT2D eigenvalue weighted by Crippen LogP contribution is -2.49. The van der Waals surface area contributed by atoms with Gasteiger partial charge in [0, 0.05) is 25.2 Å². The summed E-state index contributed by atoms with van der Waals surface area (Å²) < 4.78 is 10.7. The summed E-state index contributed by atoms with van der Waals surface area (Å²) in [5, 5.41) is 2.92. The van der Waals surface area contributed by atoms with Crippen LogP contribution in [0.2, 0.25) is 0 Å². The lowest BCUT2D eigenvalue weighted by Gasteiger charge is -2.35. The van der Waals surface area contributed by atoms with Crippen molar-refractivity contribution in [2.75, 3.05) is 46.0 Å². The number of morpholine rings is 1. The van der Waals surface area contributed by atoms with Crippen molar-refractivity contribution in [3.63, 3.8) is 0 Å². The number of amides is 2. The van der Waals surface area contributed by atoms with Crippen LogP contribution < -0.4 is 5.32 Å². The van der Waals surface area contributed by atoms with Crippen molar-refractivity contribution in [2.24, 2.45) is 0 Å². The molecule has 0 spiro atoms. The van der Waals surface area contributed by atoms with Gasteiger partial charge in [0.05, 0.1) is 19.8 Å². The Kier molecular flexibility index (Phi) is 7.11. The van der Waals surface area contributed by atoms with Crippen LogP contribution in [0.4, 0.5) is 4.79 Å². The summed E-state index contributed by atoms with van der Waals surface area (Å²) in [6.45, 7) is 7.83. The van der Waals surface area contributed by atoms with Crippen LogP contribution in [-0.4, -0.2) is 79.9 Å². The van der Waals surface area contributed by atoms with E-state index in [-0.39, 0.29) is 24.1 Å². The summed E-state index contributed by atoms with van der Waals surface area (Å²) in [5.41, 5.74) is 0. The van der Waals surface area contributed by atoms with Gasteiger partial charge < -0.3 is 19.7 Å². The standard InChI is InChI=1S/C16H29N3O4/c1-13(2)17-15(20)11-19-6-4-3-5-14(19)12-23-16(21)18-7-9-22-10-8-18/h13-14H,3-12H2,1-2H3,(H,17,20). The SMILES string of the molecule is CC(C)NC(=O)CN1CCCCC1COC(=O)N1CCOCC1. The Hall–Kier alpha value is -1.34. The van der Waals surface area contributed by atoms with E-state index in [1.807, 2.05) is 13.8 Å². The molecule has 1 unspecified atom stereocenters. The largest absolute Gasteiger partial charge is 0.448 e. The summed E-state index contributed by atoms with van der Waals surface area (Å²) in [5.74, 6) is 0.0337. The highest BCUT2D eigenvalue weighted by atomic mass is 16.6. The van der Waals surface area contributed by atoms with Crippen LogP contribution in [0.5, 0.6) is 0 Å². The maximum absolute atomic E-state index is 12.1. The molecule has 2 fully saturated rings. The number of hydrogen-bond acceptors (Lipinski definition) is 5. The van der Waals surface area contributed by atoms with Gasteiger partial charge in [-0.2, -0.15) is 0 Å². The molecule has 0 aromatic rings. The van der Waals surface area contributed by atoms with E-state index in [2.05, 4.69) is 10.2 Å². The predicted octanol–water partition coefficient (Wildman–Crippen LogP) is 0.834. The number of ether oxygens (including phenoxy) is 2. The van der Waals surface area contributed by atoms with Gasteiger partial charge in [0.15, 0.2) is 0 Å². The number of rotatable bonds is 5. The van der Waals surface area contributed by atoms with Crippen molar-refractivity contribution >= 4 is 12.0 Å². The lowest BCUT2D eigenvalue weighted by atomic mass is 10.0. The second-order valence-corrected chi connectivity index (χ2v) is 6.52. The van der Waals surface area contributed by atoms with Crippen molar-refractivity contribution in [2.45, 2.75) is 45.2 Å². The van der Waals surface area contributed by atoms with Crippen LogP contribution in [0.3, 0.4) is 0 Å². The molecule has 2 amide bonds. The zero-order chi connectivity index (χ0) is 16.7. The summed E-state index contributed by atoms with van der Waals surface area (Å²) in [7, 11) is 0. The fourth-order valence-electron chi connectivity index (χ4n) is 3.01. The summed E-state index contributed by atoms with van der Waals surface area (Å²) in [4.78, 5) is 27.9. The summed E-state index contributed by atoms with van der Waals surface area (Å²) >= 11 is 0. The maximum atomic E-state index is 12.1. The number of carbonyl (C=O) groups is 2. The topological polar surface area (TPSA) is 71.1 Å². The molecule has 2 saturated heterocycles. The predicted molar refractivity (Wildman–Crippen MR) is 86.2 cm³/mol. The van der Waals surface area contributed by atoms with Crippen LogP contribution in [0, 0.1) is 0 Å². The smallest absolute Gasteiger partial charge is 0.409 e. The van der Waals surface area contributed by atoms with Gasteiger partial charge in [-0.25, -0.2) is 4.79 Å². The molecule has 2 aliphatic heterocycles. The van der Waals surface area contributed by atoms with Gasteiger partial charge in [-0.05, 0) is 33.2 Å². The Morgan fingerprint density at radius 3 is 2.65 bits per heavy atom. The van der Waals surface area contributed by atoms with Gasteiger partial charge in [0.25, 0.3) is 0 Å². The molecule has 2 heterocycles. The highest BCUT2D eigenvalue weighted by Gasteiger charge is 2.27. The van der Waals surface area contributed by atoms with E-state index in [1.165, 1.54) is 0 Å². The third-order valence-electron chi connectivity index (χ3n) is 4.21. The van der Waals surface area contributed by atoms with Crippen LogP contribution in [0.1, 0.15) is 33.1 Å². The van der Waals surface area contributed by atoms with Crippen LogP contribution in [0.25, 0.3) is 0 Å². The van der Waals surface area contributed by atoms with Gasteiger partial charge in [0.1, 0.15) is 6.61 Å². The minimum atomic E-state index is -0.273. The maximum Gasteiger partial charge on any atom is 0.409 e. The van der Waals surface area contributed by atoms with E-state index < -0.39 is 0 Å². The molecule has 1 atom stereocenters. The molecule has 132 valence electrons. The fraction of sp³-hybridized carbons (Fsp3) is 0.875. The molecule has 0 radical (unpaired) electrons. The molecule has 1 N–H and O–H groups in total. The molecule has 0 aromatic carbocycles. The minimum Gasteiger partial charge on any atom is -0.448 e. The van der Waals surface area contributed by atoms with Crippen LogP contribution >= 0.6 is 0 Å². The summed E-state index contributed by atoms with van der Waals surface area (Å²) in [6, 6.07) is 0.275. The average molecular weight is 327 g/mol. The second kappa shape index (κ2) is 9.08. The number of likely N-dealkylation sites (tertiary alicyclic amines) is 1. The fourth-order valence-corrected chi connectivity index (χ4v) is 3.01. The van der Waals surface area contributed by atoms with Crippen molar-refractivity contribution in [3.05, 3.63) is 0 Å². The van der Waals surface area contributed by atoms with Crippen molar-refractivity contribution in [1.29, 1.82) is 0 Å². The van der Waals surface area contributed by atoms with Gasteiger partial charge in [-0.15, -0.1) is 0 Å². The number of nitrogens with one attached hydrogen (secondary N) is 1. The molecule has 7 nitrogen and oxygen atoms in total. The number of hydrogen-bond donors (Lipinski definition) is 1. The molecule has 2 aliphatic rings. The van der Waals surface area contributed by atoms with E-state index in [4.69, 9.17) is 9.47 Å².